The third-order valence-corrected chi connectivity index (χ3v) is 6.78. The first kappa shape index (κ1) is 23.7. The van der Waals surface area contributed by atoms with Crippen LogP contribution in [-0.2, 0) is 13.1 Å². The second-order valence-corrected chi connectivity index (χ2v) is 9.36. The van der Waals surface area contributed by atoms with Crippen molar-refractivity contribution in [2.45, 2.75) is 52.6 Å². The number of benzene rings is 1. The van der Waals surface area contributed by atoms with Crippen LogP contribution in [0.25, 0.3) is 0 Å². The molecule has 3 aromatic rings. The summed E-state index contributed by atoms with van der Waals surface area (Å²) in [6, 6.07) is 6.82. The van der Waals surface area contributed by atoms with Crippen LogP contribution in [0, 0.1) is 11.8 Å². The Labute approximate surface area is 199 Å². The maximum Gasteiger partial charge on any atom is 0.355 e. The van der Waals surface area contributed by atoms with Crippen molar-refractivity contribution in [3.05, 3.63) is 56.3 Å². The van der Waals surface area contributed by atoms with E-state index in [1.807, 2.05) is 0 Å². The van der Waals surface area contributed by atoms with Gasteiger partial charge in [0.05, 0.1) is 0 Å². The van der Waals surface area contributed by atoms with Gasteiger partial charge >= 0.3 is 17.3 Å². The van der Waals surface area contributed by atoms with E-state index in [0.717, 1.165) is 41.6 Å². The molecule has 0 spiro atoms. The Morgan fingerprint density at radius 1 is 1.15 bits per heavy atom. The van der Waals surface area contributed by atoms with Crippen LogP contribution >= 0.6 is 11.3 Å². The lowest BCUT2D eigenvalue weighted by Gasteiger charge is -2.27. The highest BCUT2D eigenvalue weighted by molar-refractivity contribution is 7.11. The van der Waals surface area contributed by atoms with Crippen LogP contribution in [0.15, 0.2) is 39.2 Å². The number of hydrogen-bond donors (Lipinski definition) is 2. The normalized spacial score (nSPS) is 17.9. The summed E-state index contributed by atoms with van der Waals surface area (Å²) in [5, 5.41) is 13.7. The molecule has 10 nitrogen and oxygen atoms in total. The Balaban J connectivity index is 1.54. The summed E-state index contributed by atoms with van der Waals surface area (Å²) in [7, 11) is 0. The maximum absolute atomic E-state index is 13.1. The maximum atomic E-state index is 13.1. The summed E-state index contributed by atoms with van der Waals surface area (Å²) in [6.07, 6.45) is 4.37. The Bertz CT molecular complexity index is 1270. The molecule has 1 aromatic carbocycles. The number of carboxylic acid groups (broad SMARTS) is 1. The molecule has 0 atom stereocenters. The van der Waals surface area contributed by atoms with E-state index < -0.39 is 11.7 Å². The molecule has 0 amide bonds. The SMILES string of the molecule is CCn1c(=O)nc(Nc2ccc(Oc3nc(C(=O)O)cs3)cc2)n(CC2CCC(C)CC2)c1=O. The zero-order chi connectivity index (χ0) is 24.2. The van der Waals surface area contributed by atoms with Crippen LogP contribution in [0.4, 0.5) is 11.6 Å². The number of nitrogens with one attached hydrogen (secondary N) is 1. The number of hydrogen-bond acceptors (Lipinski definition) is 8. The highest BCUT2D eigenvalue weighted by Crippen LogP contribution is 2.30. The van der Waals surface area contributed by atoms with Crippen molar-refractivity contribution >= 4 is 28.9 Å². The fraction of sp³-hybridized carbons (Fsp3) is 0.435. The lowest BCUT2D eigenvalue weighted by molar-refractivity contribution is 0.0690. The predicted molar refractivity (Wildman–Crippen MR) is 128 cm³/mol. The van der Waals surface area contributed by atoms with Gasteiger partial charge in [-0.15, -0.1) is 0 Å². The van der Waals surface area contributed by atoms with Crippen molar-refractivity contribution in [3.63, 3.8) is 0 Å². The van der Waals surface area contributed by atoms with Gasteiger partial charge in [0.1, 0.15) is 5.75 Å². The zero-order valence-corrected chi connectivity index (χ0v) is 19.9. The molecule has 180 valence electrons. The Hall–Kier alpha value is -3.47. The number of anilines is 2. The fourth-order valence-electron chi connectivity index (χ4n) is 4.07. The standard InChI is InChI=1S/C23H27N5O5S/c1-3-27-21(31)26-20(28(23(27)32)12-15-6-4-14(2)5-7-15)24-16-8-10-17(11-9-16)33-22-25-18(13-34-22)19(29)30/h8-11,13-15H,3-7,12H2,1-2H3,(H,29,30)(H,24,26,31). The summed E-state index contributed by atoms with van der Waals surface area (Å²) >= 11 is 1.09. The smallest absolute Gasteiger partial charge is 0.355 e. The number of ether oxygens (including phenoxy) is 1. The molecule has 2 N–H and O–H groups in total. The first-order valence-electron chi connectivity index (χ1n) is 11.3. The van der Waals surface area contributed by atoms with E-state index >= 15 is 0 Å². The van der Waals surface area contributed by atoms with Crippen molar-refractivity contribution in [3.8, 4) is 10.9 Å². The summed E-state index contributed by atoms with van der Waals surface area (Å²) in [4.78, 5) is 44.5. The monoisotopic (exact) mass is 485 g/mol. The van der Waals surface area contributed by atoms with Crippen LogP contribution < -0.4 is 21.4 Å². The average Bonchev–Trinajstić information content (AvgIpc) is 3.28. The van der Waals surface area contributed by atoms with Gasteiger partial charge in [-0.05, 0) is 55.9 Å². The van der Waals surface area contributed by atoms with Crippen molar-refractivity contribution in [2.24, 2.45) is 11.8 Å². The average molecular weight is 486 g/mol. The first-order valence-corrected chi connectivity index (χ1v) is 12.2. The molecule has 1 aliphatic carbocycles. The fourth-order valence-corrected chi connectivity index (χ4v) is 4.73. The van der Waals surface area contributed by atoms with Gasteiger partial charge in [-0.25, -0.2) is 19.0 Å². The minimum Gasteiger partial charge on any atom is -0.476 e. The highest BCUT2D eigenvalue weighted by Gasteiger charge is 2.22. The molecular formula is C23H27N5O5S. The van der Waals surface area contributed by atoms with E-state index in [1.165, 1.54) is 5.38 Å². The lowest BCUT2D eigenvalue weighted by Crippen LogP contribution is -2.43. The van der Waals surface area contributed by atoms with Gasteiger partial charge in [-0.3, -0.25) is 4.57 Å². The summed E-state index contributed by atoms with van der Waals surface area (Å²) < 4.78 is 8.32. The van der Waals surface area contributed by atoms with E-state index in [0.29, 0.717) is 29.8 Å². The van der Waals surface area contributed by atoms with Gasteiger partial charge in [0.2, 0.25) is 5.95 Å². The number of nitrogens with zero attached hydrogens (tertiary/aromatic N) is 4. The van der Waals surface area contributed by atoms with E-state index in [1.54, 1.807) is 35.8 Å². The van der Waals surface area contributed by atoms with Crippen LogP contribution in [0.2, 0.25) is 0 Å². The number of aromatic carboxylic acids is 1. The van der Waals surface area contributed by atoms with Crippen LogP contribution in [0.1, 0.15) is 50.0 Å². The molecule has 2 aromatic heterocycles. The van der Waals surface area contributed by atoms with Gasteiger partial charge in [0.15, 0.2) is 5.69 Å². The Morgan fingerprint density at radius 3 is 2.47 bits per heavy atom. The van der Waals surface area contributed by atoms with Crippen LogP contribution in [-0.4, -0.2) is 30.2 Å². The van der Waals surface area contributed by atoms with E-state index in [9.17, 15) is 14.4 Å². The third-order valence-electron chi connectivity index (χ3n) is 6.06. The van der Waals surface area contributed by atoms with Crippen molar-refractivity contribution in [2.75, 3.05) is 5.32 Å². The van der Waals surface area contributed by atoms with Gasteiger partial charge in [-0.2, -0.15) is 9.97 Å². The molecule has 0 radical (unpaired) electrons. The molecule has 0 bridgehead atoms. The number of carbonyl (C=O) groups is 1. The number of carboxylic acids is 1. The van der Waals surface area contributed by atoms with Crippen LogP contribution in [0.3, 0.4) is 0 Å². The summed E-state index contributed by atoms with van der Waals surface area (Å²) in [5.74, 6) is 0.646. The van der Waals surface area contributed by atoms with E-state index in [4.69, 9.17) is 9.84 Å². The minimum absolute atomic E-state index is 0.0726. The molecule has 11 heteroatoms. The second-order valence-electron chi connectivity index (χ2n) is 8.54. The van der Waals surface area contributed by atoms with Gasteiger partial charge in [0.25, 0.3) is 5.19 Å². The lowest BCUT2D eigenvalue weighted by atomic mass is 9.83. The van der Waals surface area contributed by atoms with Crippen LogP contribution in [0.5, 0.6) is 10.9 Å². The molecule has 34 heavy (non-hydrogen) atoms. The Kier molecular flexibility index (Phi) is 7.11. The molecule has 4 rings (SSSR count). The van der Waals surface area contributed by atoms with Crippen molar-refractivity contribution < 1.29 is 14.6 Å². The molecule has 0 unspecified atom stereocenters. The topological polar surface area (TPSA) is 128 Å². The molecular weight excluding hydrogens is 458 g/mol. The van der Waals surface area contributed by atoms with E-state index in [-0.39, 0.29) is 29.1 Å². The number of aromatic nitrogens is 4. The first-order chi connectivity index (χ1) is 16.3. The quantitative estimate of drug-likeness (QED) is 0.491. The van der Waals surface area contributed by atoms with Gasteiger partial charge in [0, 0.05) is 24.2 Å². The van der Waals surface area contributed by atoms with E-state index in [2.05, 4.69) is 22.2 Å². The van der Waals surface area contributed by atoms with Gasteiger partial charge in [-0.1, -0.05) is 31.1 Å². The molecule has 2 heterocycles. The molecule has 1 fully saturated rings. The number of rotatable bonds is 8. The molecule has 0 aliphatic heterocycles. The number of thiazole rings is 1. The second kappa shape index (κ2) is 10.2. The zero-order valence-electron chi connectivity index (χ0n) is 19.1. The van der Waals surface area contributed by atoms with Crippen molar-refractivity contribution in [1.29, 1.82) is 0 Å². The minimum atomic E-state index is -1.11. The summed E-state index contributed by atoms with van der Waals surface area (Å²) in [6.45, 7) is 4.78. The largest absolute Gasteiger partial charge is 0.476 e. The highest BCUT2D eigenvalue weighted by atomic mass is 32.1. The molecule has 1 aliphatic rings. The Morgan fingerprint density at radius 2 is 1.85 bits per heavy atom. The predicted octanol–water partition coefficient (Wildman–Crippen LogP) is 3.94. The van der Waals surface area contributed by atoms with Gasteiger partial charge < -0.3 is 15.2 Å². The molecule has 0 saturated heterocycles. The van der Waals surface area contributed by atoms with Crippen molar-refractivity contribution in [1.82, 2.24) is 19.1 Å². The molecule has 1 saturated carbocycles. The summed E-state index contributed by atoms with van der Waals surface area (Å²) in [5.41, 5.74) is -0.385. The third kappa shape index (κ3) is 5.36.